The highest BCUT2D eigenvalue weighted by Crippen LogP contribution is 2.30. The maximum absolute atomic E-state index is 13.5. The lowest BCUT2D eigenvalue weighted by Crippen LogP contribution is -2.52. The fourth-order valence-corrected chi connectivity index (χ4v) is 2.76. The highest BCUT2D eigenvalue weighted by molar-refractivity contribution is 6.05. The molecule has 1 fully saturated rings. The quantitative estimate of drug-likeness (QED) is 0.775. The van der Waals surface area contributed by atoms with E-state index in [2.05, 4.69) is 5.32 Å². The van der Waals surface area contributed by atoms with Crippen LogP contribution in [0.5, 0.6) is 0 Å². The van der Waals surface area contributed by atoms with E-state index in [0.717, 1.165) is 0 Å². The van der Waals surface area contributed by atoms with E-state index in [1.54, 1.807) is 6.92 Å². The van der Waals surface area contributed by atoms with Gasteiger partial charge in [0.1, 0.15) is 11.9 Å². The van der Waals surface area contributed by atoms with Gasteiger partial charge < -0.3 is 4.90 Å². The number of hydrogen-bond acceptors (Lipinski definition) is 3. The summed E-state index contributed by atoms with van der Waals surface area (Å²) in [5, 5.41) is 2.23. The summed E-state index contributed by atoms with van der Waals surface area (Å²) in [6.07, 6.45) is 0.524. The van der Waals surface area contributed by atoms with Gasteiger partial charge in [-0.1, -0.05) is 0 Å². The molecule has 104 valence electrons. The number of halogens is 1. The zero-order chi connectivity index (χ0) is 14.4. The molecule has 0 saturated carbocycles. The van der Waals surface area contributed by atoms with E-state index in [4.69, 9.17) is 0 Å². The van der Waals surface area contributed by atoms with Crippen LogP contribution in [-0.4, -0.2) is 28.7 Å². The molecule has 2 aliphatic rings. The number of benzene rings is 1. The van der Waals surface area contributed by atoms with Crippen molar-refractivity contribution in [2.75, 3.05) is 0 Å². The molecule has 1 aromatic carbocycles. The van der Waals surface area contributed by atoms with Gasteiger partial charge in [-0.15, -0.1) is 0 Å². The first-order valence-electron chi connectivity index (χ1n) is 6.41. The summed E-state index contributed by atoms with van der Waals surface area (Å²) in [5.74, 6) is -1.42. The number of carbonyl (C=O) groups excluding carboxylic acids is 3. The number of nitrogens with zero attached hydrogens (tertiary/aromatic N) is 1. The third kappa shape index (κ3) is 1.79. The van der Waals surface area contributed by atoms with Crippen molar-refractivity contribution in [1.82, 2.24) is 10.2 Å². The van der Waals surface area contributed by atoms with Crippen molar-refractivity contribution in [2.24, 2.45) is 0 Å². The van der Waals surface area contributed by atoms with Gasteiger partial charge >= 0.3 is 0 Å². The molecule has 0 unspecified atom stereocenters. The lowest BCUT2D eigenvalue weighted by Gasteiger charge is -2.29. The number of imide groups is 1. The maximum atomic E-state index is 13.5. The summed E-state index contributed by atoms with van der Waals surface area (Å²) >= 11 is 0. The molecule has 0 bridgehead atoms. The molecular formula is C14H13FN2O3. The Balaban J connectivity index is 1.92. The van der Waals surface area contributed by atoms with E-state index in [-0.39, 0.29) is 30.6 Å². The van der Waals surface area contributed by atoms with Crippen LogP contribution in [-0.2, 0) is 16.1 Å². The van der Waals surface area contributed by atoms with Crippen molar-refractivity contribution in [3.05, 3.63) is 34.6 Å². The molecule has 6 heteroatoms. The Morgan fingerprint density at radius 1 is 1.30 bits per heavy atom. The van der Waals surface area contributed by atoms with Crippen LogP contribution in [0.2, 0.25) is 0 Å². The van der Waals surface area contributed by atoms with Crippen molar-refractivity contribution in [3.63, 3.8) is 0 Å². The second-order valence-corrected chi connectivity index (χ2v) is 5.10. The van der Waals surface area contributed by atoms with Crippen LogP contribution in [0.3, 0.4) is 0 Å². The Bertz CT molecular complexity index is 642. The van der Waals surface area contributed by atoms with Gasteiger partial charge in [-0.25, -0.2) is 4.39 Å². The summed E-state index contributed by atoms with van der Waals surface area (Å²) in [7, 11) is 0. The van der Waals surface area contributed by atoms with Gasteiger partial charge in [0.25, 0.3) is 5.91 Å². The van der Waals surface area contributed by atoms with Gasteiger partial charge in [0.2, 0.25) is 11.8 Å². The SMILES string of the molecule is Cc1c(F)ccc2c1CN([C@H]1CCC(=O)NC1=O)C2=O. The summed E-state index contributed by atoms with van der Waals surface area (Å²) in [6, 6.07) is 2.06. The molecule has 20 heavy (non-hydrogen) atoms. The molecule has 0 spiro atoms. The molecule has 1 aromatic rings. The number of rotatable bonds is 1. The monoisotopic (exact) mass is 276 g/mol. The molecule has 1 N–H and O–H groups in total. The zero-order valence-electron chi connectivity index (χ0n) is 10.9. The van der Waals surface area contributed by atoms with Crippen LogP contribution in [0.1, 0.15) is 34.3 Å². The maximum Gasteiger partial charge on any atom is 0.255 e. The first-order valence-corrected chi connectivity index (χ1v) is 6.41. The van der Waals surface area contributed by atoms with Crippen molar-refractivity contribution in [2.45, 2.75) is 32.4 Å². The number of fused-ring (bicyclic) bond motifs is 1. The number of hydrogen-bond donors (Lipinski definition) is 1. The van der Waals surface area contributed by atoms with Crippen molar-refractivity contribution in [3.8, 4) is 0 Å². The number of nitrogens with one attached hydrogen (secondary N) is 1. The third-order valence-electron chi connectivity index (χ3n) is 3.94. The third-order valence-corrected chi connectivity index (χ3v) is 3.94. The molecule has 0 aliphatic carbocycles. The van der Waals surface area contributed by atoms with Crippen LogP contribution < -0.4 is 5.32 Å². The lowest BCUT2D eigenvalue weighted by atomic mass is 10.0. The minimum atomic E-state index is -0.657. The fourth-order valence-electron chi connectivity index (χ4n) is 2.76. The van der Waals surface area contributed by atoms with Gasteiger partial charge in [0.15, 0.2) is 0 Å². The minimum absolute atomic E-state index is 0.212. The van der Waals surface area contributed by atoms with Gasteiger partial charge in [0, 0.05) is 18.5 Å². The second-order valence-electron chi connectivity index (χ2n) is 5.10. The van der Waals surface area contributed by atoms with Gasteiger partial charge in [0.05, 0.1) is 0 Å². The fraction of sp³-hybridized carbons (Fsp3) is 0.357. The van der Waals surface area contributed by atoms with Crippen molar-refractivity contribution >= 4 is 17.7 Å². The van der Waals surface area contributed by atoms with Crippen LogP contribution >= 0.6 is 0 Å². The summed E-state index contributed by atoms with van der Waals surface area (Å²) in [4.78, 5) is 36.7. The number of amides is 3. The predicted octanol–water partition coefficient (Wildman–Crippen LogP) is 0.895. The van der Waals surface area contributed by atoms with Gasteiger partial charge in [-0.2, -0.15) is 0 Å². The average Bonchev–Trinajstić information content (AvgIpc) is 2.72. The van der Waals surface area contributed by atoms with Crippen LogP contribution in [0.4, 0.5) is 4.39 Å². The Kier molecular flexibility index (Phi) is 2.81. The van der Waals surface area contributed by atoms with E-state index in [0.29, 0.717) is 23.1 Å². The smallest absolute Gasteiger partial charge is 0.255 e. The molecule has 0 radical (unpaired) electrons. The van der Waals surface area contributed by atoms with Crippen LogP contribution in [0.25, 0.3) is 0 Å². The Labute approximate surface area is 114 Å². The number of carbonyl (C=O) groups is 3. The second kappa shape index (κ2) is 4.40. The van der Waals surface area contributed by atoms with E-state index >= 15 is 0 Å². The Hall–Kier alpha value is -2.24. The molecule has 3 rings (SSSR count). The highest BCUT2D eigenvalue weighted by Gasteiger charge is 2.39. The Morgan fingerprint density at radius 3 is 2.75 bits per heavy atom. The van der Waals surface area contributed by atoms with Crippen molar-refractivity contribution < 1.29 is 18.8 Å². The molecule has 1 atom stereocenters. The molecular weight excluding hydrogens is 263 g/mol. The zero-order valence-corrected chi connectivity index (χ0v) is 10.9. The minimum Gasteiger partial charge on any atom is -0.322 e. The van der Waals surface area contributed by atoms with Gasteiger partial charge in [-0.05, 0) is 36.6 Å². The van der Waals surface area contributed by atoms with E-state index in [9.17, 15) is 18.8 Å². The number of piperidine rings is 1. The lowest BCUT2D eigenvalue weighted by molar-refractivity contribution is -0.136. The molecule has 5 nitrogen and oxygen atoms in total. The largest absolute Gasteiger partial charge is 0.322 e. The summed E-state index contributed by atoms with van der Waals surface area (Å²) < 4.78 is 13.5. The molecule has 2 heterocycles. The van der Waals surface area contributed by atoms with Gasteiger partial charge in [-0.3, -0.25) is 19.7 Å². The van der Waals surface area contributed by atoms with Crippen LogP contribution in [0, 0.1) is 12.7 Å². The Morgan fingerprint density at radius 2 is 2.05 bits per heavy atom. The normalized spacial score (nSPS) is 22.0. The summed E-state index contributed by atoms with van der Waals surface area (Å²) in [5.41, 5.74) is 1.50. The molecule has 3 amide bonds. The van der Waals surface area contributed by atoms with E-state index < -0.39 is 11.9 Å². The molecule has 0 aromatic heterocycles. The van der Waals surface area contributed by atoms with E-state index in [1.807, 2.05) is 0 Å². The topological polar surface area (TPSA) is 66.5 Å². The highest BCUT2D eigenvalue weighted by atomic mass is 19.1. The molecule has 1 saturated heterocycles. The predicted molar refractivity (Wildman–Crippen MR) is 67.2 cm³/mol. The average molecular weight is 276 g/mol. The molecule has 2 aliphatic heterocycles. The van der Waals surface area contributed by atoms with E-state index in [1.165, 1.54) is 17.0 Å². The first-order chi connectivity index (χ1) is 9.49. The first kappa shape index (κ1) is 12.8. The standard InChI is InChI=1S/C14H13FN2O3/c1-7-9-6-17(11-4-5-12(18)16-13(11)19)14(20)8(9)2-3-10(7)15/h2-3,11H,4-6H2,1H3,(H,16,18,19)/t11-/m0/s1. The summed E-state index contributed by atoms with van der Waals surface area (Å²) in [6.45, 7) is 1.83. The van der Waals surface area contributed by atoms with Crippen LogP contribution in [0.15, 0.2) is 12.1 Å². The van der Waals surface area contributed by atoms with Crippen molar-refractivity contribution in [1.29, 1.82) is 0 Å².